The first-order chi connectivity index (χ1) is 8.72. The minimum absolute atomic E-state index is 0.710. The summed E-state index contributed by atoms with van der Waals surface area (Å²) in [5.74, 6) is 0. The van der Waals surface area contributed by atoms with Crippen molar-refractivity contribution in [3.63, 3.8) is 0 Å². The molecule has 0 saturated carbocycles. The molecule has 96 valence electrons. The predicted molar refractivity (Wildman–Crippen MR) is 73.0 cm³/mol. The summed E-state index contributed by atoms with van der Waals surface area (Å²) >= 11 is 6.13. The van der Waals surface area contributed by atoms with Crippen molar-refractivity contribution in [3.05, 3.63) is 35.2 Å². The van der Waals surface area contributed by atoms with Crippen LogP contribution in [0.2, 0.25) is 5.02 Å². The zero-order valence-corrected chi connectivity index (χ0v) is 11.3. The van der Waals surface area contributed by atoms with Crippen LogP contribution >= 0.6 is 11.6 Å². The van der Waals surface area contributed by atoms with E-state index in [9.17, 15) is 0 Å². The number of aromatic nitrogens is 2. The van der Waals surface area contributed by atoms with Crippen LogP contribution in [0.15, 0.2) is 24.5 Å². The fourth-order valence-electron chi connectivity index (χ4n) is 2.34. The van der Waals surface area contributed by atoms with E-state index in [1.165, 1.54) is 0 Å². The van der Waals surface area contributed by atoms with E-state index in [2.05, 4.69) is 28.0 Å². The van der Waals surface area contributed by atoms with E-state index in [1.54, 1.807) is 0 Å². The van der Waals surface area contributed by atoms with Crippen LogP contribution < -0.4 is 0 Å². The van der Waals surface area contributed by atoms with Gasteiger partial charge in [-0.2, -0.15) is 0 Å². The highest BCUT2D eigenvalue weighted by molar-refractivity contribution is 6.33. The minimum atomic E-state index is 0.710. The molecule has 0 atom stereocenters. The first-order valence-electron chi connectivity index (χ1n) is 6.25. The van der Waals surface area contributed by atoms with Gasteiger partial charge in [0, 0.05) is 45.1 Å². The van der Waals surface area contributed by atoms with Crippen molar-refractivity contribution in [2.75, 3.05) is 33.2 Å². The Hall–Kier alpha value is -1.10. The third-order valence-electron chi connectivity index (χ3n) is 3.47. The molecule has 1 saturated heterocycles. The van der Waals surface area contributed by atoms with Crippen molar-refractivity contribution in [1.29, 1.82) is 0 Å². The maximum absolute atomic E-state index is 6.13. The minimum Gasteiger partial charge on any atom is -0.306 e. The molecular weight excluding hydrogens is 248 g/mol. The maximum atomic E-state index is 6.13. The van der Waals surface area contributed by atoms with Gasteiger partial charge in [-0.05, 0) is 19.2 Å². The topological polar surface area (TPSA) is 23.8 Å². The number of hydrogen-bond donors (Lipinski definition) is 0. The number of rotatable bonds is 2. The van der Waals surface area contributed by atoms with Crippen LogP contribution in [0.4, 0.5) is 0 Å². The Morgan fingerprint density at radius 1 is 1.28 bits per heavy atom. The van der Waals surface area contributed by atoms with Gasteiger partial charge in [0.15, 0.2) is 5.65 Å². The number of halogens is 1. The second kappa shape index (κ2) is 4.88. The third kappa shape index (κ3) is 2.36. The molecule has 1 aliphatic rings. The molecule has 0 bridgehead atoms. The molecule has 0 N–H and O–H groups in total. The molecular formula is C13H17ClN4. The number of imidazole rings is 1. The van der Waals surface area contributed by atoms with Crippen LogP contribution in [-0.4, -0.2) is 52.4 Å². The molecule has 18 heavy (non-hydrogen) atoms. The lowest BCUT2D eigenvalue weighted by molar-refractivity contribution is 0.147. The number of nitrogens with zero attached hydrogens (tertiary/aromatic N) is 4. The van der Waals surface area contributed by atoms with Crippen molar-refractivity contribution < 1.29 is 0 Å². The molecule has 3 heterocycles. The van der Waals surface area contributed by atoms with Crippen molar-refractivity contribution in [2.24, 2.45) is 0 Å². The van der Waals surface area contributed by atoms with Crippen LogP contribution in [-0.2, 0) is 6.54 Å². The summed E-state index contributed by atoms with van der Waals surface area (Å²) in [6, 6.07) is 3.82. The van der Waals surface area contributed by atoms with Crippen LogP contribution in [0.25, 0.3) is 5.65 Å². The maximum Gasteiger partial charge on any atom is 0.155 e. The Labute approximate surface area is 112 Å². The quantitative estimate of drug-likeness (QED) is 0.826. The molecule has 0 radical (unpaired) electrons. The van der Waals surface area contributed by atoms with E-state index in [0.717, 1.165) is 44.1 Å². The van der Waals surface area contributed by atoms with Gasteiger partial charge < -0.3 is 9.30 Å². The SMILES string of the molecule is CN1CCN(Cc2cn3cccc(Cl)c3n2)CC1. The number of fused-ring (bicyclic) bond motifs is 1. The summed E-state index contributed by atoms with van der Waals surface area (Å²) in [7, 11) is 2.17. The summed E-state index contributed by atoms with van der Waals surface area (Å²) in [6.07, 6.45) is 4.06. The van der Waals surface area contributed by atoms with E-state index in [1.807, 2.05) is 22.7 Å². The van der Waals surface area contributed by atoms with E-state index < -0.39 is 0 Å². The third-order valence-corrected chi connectivity index (χ3v) is 3.76. The second-order valence-electron chi connectivity index (χ2n) is 4.90. The van der Waals surface area contributed by atoms with Gasteiger partial charge in [-0.25, -0.2) is 4.98 Å². The predicted octanol–water partition coefficient (Wildman–Crippen LogP) is 1.74. The standard InChI is InChI=1S/C13H17ClN4/c1-16-5-7-17(8-6-16)9-11-10-18-4-2-3-12(14)13(18)15-11/h2-4,10H,5-9H2,1H3. The van der Waals surface area contributed by atoms with E-state index in [-0.39, 0.29) is 0 Å². The number of likely N-dealkylation sites (N-methyl/N-ethyl adjacent to an activating group) is 1. The summed E-state index contributed by atoms with van der Waals surface area (Å²) in [5.41, 5.74) is 1.94. The number of pyridine rings is 1. The molecule has 0 aromatic carbocycles. The Morgan fingerprint density at radius 2 is 2.06 bits per heavy atom. The van der Waals surface area contributed by atoms with Crippen LogP contribution in [0.3, 0.4) is 0 Å². The van der Waals surface area contributed by atoms with Gasteiger partial charge in [0.2, 0.25) is 0 Å². The summed E-state index contributed by atoms with van der Waals surface area (Å²) < 4.78 is 1.99. The normalized spacial score (nSPS) is 18.6. The van der Waals surface area contributed by atoms with Crippen molar-refractivity contribution in [3.8, 4) is 0 Å². The smallest absolute Gasteiger partial charge is 0.155 e. The average molecular weight is 265 g/mol. The summed E-state index contributed by atoms with van der Waals surface area (Å²) in [5, 5.41) is 0.710. The van der Waals surface area contributed by atoms with E-state index >= 15 is 0 Å². The molecule has 1 fully saturated rings. The van der Waals surface area contributed by atoms with E-state index in [0.29, 0.717) is 5.02 Å². The fourth-order valence-corrected chi connectivity index (χ4v) is 2.55. The summed E-state index contributed by atoms with van der Waals surface area (Å²) in [6.45, 7) is 5.39. The molecule has 1 aliphatic heterocycles. The van der Waals surface area contributed by atoms with Crippen LogP contribution in [0, 0.1) is 0 Å². The highest BCUT2D eigenvalue weighted by atomic mass is 35.5. The molecule has 0 amide bonds. The van der Waals surface area contributed by atoms with Gasteiger partial charge in [0.1, 0.15) is 0 Å². The average Bonchev–Trinajstić information content (AvgIpc) is 2.76. The van der Waals surface area contributed by atoms with Crippen LogP contribution in [0.1, 0.15) is 5.69 Å². The van der Waals surface area contributed by atoms with Crippen molar-refractivity contribution in [2.45, 2.75) is 6.54 Å². The Balaban J connectivity index is 1.77. The molecule has 4 nitrogen and oxygen atoms in total. The molecule has 0 spiro atoms. The lowest BCUT2D eigenvalue weighted by Gasteiger charge is -2.31. The second-order valence-corrected chi connectivity index (χ2v) is 5.31. The zero-order chi connectivity index (χ0) is 12.5. The van der Waals surface area contributed by atoms with Crippen molar-refractivity contribution >= 4 is 17.2 Å². The van der Waals surface area contributed by atoms with Gasteiger partial charge in [0.25, 0.3) is 0 Å². The Morgan fingerprint density at radius 3 is 2.78 bits per heavy atom. The monoisotopic (exact) mass is 264 g/mol. The molecule has 2 aromatic heterocycles. The Kier molecular flexibility index (Phi) is 3.24. The highest BCUT2D eigenvalue weighted by Crippen LogP contribution is 2.17. The van der Waals surface area contributed by atoms with Gasteiger partial charge in [-0.3, -0.25) is 4.90 Å². The largest absolute Gasteiger partial charge is 0.306 e. The van der Waals surface area contributed by atoms with E-state index in [4.69, 9.17) is 11.6 Å². The zero-order valence-electron chi connectivity index (χ0n) is 10.5. The molecule has 0 unspecified atom stereocenters. The lowest BCUT2D eigenvalue weighted by atomic mass is 10.3. The van der Waals surface area contributed by atoms with Gasteiger partial charge >= 0.3 is 0 Å². The summed E-state index contributed by atoms with van der Waals surface area (Å²) in [4.78, 5) is 9.40. The van der Waals surface area contributed by atoms with Crippen molar-refractivity contribution in [1.82, 2.24) is 19.2 Å². The lowest BCUT2D eigenvalue weighted by Crippen LogP contribution is -2.43. The number of piperazine rings is 1. The van der Waals surface area contributed by atoms with Crippen LogP contribution in [0.5, 0.6) is 0 Å². The van der Waals surface area contributed by atoms with Gasteiger partial charge in [0.05, 0.1) is 10.7 Å². The molecule has 3 rings (SSSR count). The Bertz CT molecular complexity index is 543. The molecule has 0 aliphatic carbocycles. The fraction of sp³-hybridized carbons (Fsp3) is 0.462. The number of hydrogen-bond acceptors (Lipinski definition) is 3. The molecule has 2 aromatic rings. The first-order valence-corrected chi connectivity index (χ1v) is 6.63. The molecule has 5 heteroatoms. The van der Waals surface area contributed by atoms with Gasteiger partial charge in [-0.1, -0.05) is 11.6 Å². The van der Waals surface area contributed by atoms with Gasteiger partial charge in [-0.15, -0.1) is 0 Å². The highest BCUT2D eigenvalue weighted by Gasteiger charge is 2.15. The first kappa shape index (κ1) is 12.0.